The molecule has 0 unspecified atom stereocenters. The van der Waals surface area contributed by atoms with Gasteiger partial charge >= 0.3 is 12.1 Å². The third-order valence-electron chi connectivity index (χ3n) is 4.06. The van der Waals surface area contributed by atoms with Crippen LogP contribution in [-0.2, 0) is 4.74 Å². The zero-order valence-corrected chi connectivity index (χ0v) is 16.8. The number of carbonyl (C=O) groups is 2. The van der Waals surface area contributed by atoms with Crippen LogP contribution < -0.4 is 14.8 Å². The van der Waals surface area contributed by atoms with Gasteiger partial charge in [0.05, 0.1) is 19.9 Å². The lowest BCUT2D eigenvalue weighted by atomic mass is 10.1. The van der Waals surface area contributed by atoms with Crippen molar-refractivity contribution in [1.29, 1.82) is 0 Å². The molecule has 1 aromatic heterocycles. The summed E-state index contributed by atoms with van der Waals surface area (Å²) in [5.74, 6) is -0.651. The molecule has 0 atom stereocenters. The number of halogens is 1. The monoisotopic (exact) mass is 415 g/mol. The highest BCUT2D eigenvalue weighted by molar-refractivity contribution is 7.18. The minimum absolute atomic E-state index is 0.0802. The van der Waals surface area contributed by atoms with Gasteiger partial charge in [-0.25, -0.2) is 14.0 Å². The van der Waals surface area contributed by atoms with Crippen LogP contribution in [0.5, 0.6) is 11.5 Å². The second-order valence-corrected chi connectivity index (χ2v) is 7.03. The summed E-state index contributed by atoms with van der Waals surface area (Å²) in [7, 11) is 2.62. The van der Waals surface area contributed by atoms with Crippen molar-refractivity contribution in [3.05, 3.63) is 64.8 Å². The summed E-state index contributed by atoms with van der Waals surface area (Å²) in [6.07, 6.45) is -0.751. The van der Waals surface area contributed by atoms with E-state index in [9.17, 15) is 14.0 Å². The number of anilines is 1. The summed E-state index contributed by atoms with van der Waals surface area (Å²) in [6.45, 7) is 1.74. The van der Waals surface area contributed by atoms with E-state index in [0.717, 1.165) is 11.3 Å². The summed E-state index contributed by atoms with van der Waals surface area (Å²) in [4.78, 5) is 25.3. The molecule has 0 aliphatic heterocycles. The smallest absolute Gasteiger partial charge is 0.417 e. The molecular formula is C21H18FNO5S. The van der Waals surface area contributed by atoms with E-state index in [0.29, 0.717) is 21.8 Å². The second kappa shape index (κ2) is 8.74. The van der Waals surface area contributed by atoms with Crippen molar-refractivity contribution in [3.8, 4) is 21.9 Å². The maximum absolute atomic E-state index is 13.9. The number of methoxy groups -OCH3 is 2. The molecule has 8 heteroatoms. The lowest BCUT2D eigenvalue weighted by Gasteiger charge is -2.08. The van der Waals surface area contributed by atoms with Crippen LogP contribution in [0.1, 0.15) is 15.2 Å². The molecule has 3 rings (SSSR count). The first-order valence-corrected chi connectivity index (χ1v) is 9.35. The van der Waals surface area contributed by atoms with Gasteiger partial charge in [-0.05, 0) is 48.4 Å². The number of rotatable bonds is 5. The highest BCUT2D eigenvalue weighted by Gasteiger charge is 2.21. The molecule has 0 bridgehead atoms. The van der Waals surface area contributed by atoms with Gasteiger partial charge in [-0.15, -0.1) is 11.3 Å². The van der Waals surface area contributed by atoms with Gasteiger partial charge in [0.15, 0.2) is 11.6 Å². The van der Waals surface area contributed by atoms with E-state index in [-0.39, 0.29) is 16.3 Å². The molecule has 29 heavy (non-hydrogen) atoms. The van der Waals surface area contributed by atoms with Crippen molar-refractivity contribution in [1.82, 2.24) is 0 Å². The van der Waals surface area contributed by atoms with Crippen LogP contribution in [-0.4, -0.2) is 26.3 Å². The Morgan fingerprint density at radius 3 is 2.45 bits per heavy atom. The first-order chi connectivity index (χ1) is 13.9. The Hall–Kier alpha value is -3.39. The van der Waals surface area contributed by atoms with Crippen LogP contribution in [0.4, 0.5) is 14.9 Å². The average Bonchev–Trinajstić information content (AvgIpc) is 3.11. The molecule has 2 aromatic carbocycles. The highest BCUT2D eigenvalue weighted by Crippen LogP contribution is 2.39. The van der Waals surface area contributed by atoms with Crippen molar-refractivity contribution in [3.63, 3.8) is 0 Å². The molecule has 1 amide bonds. The number of benzene rings is 2. The number of para-hydroxylation sites is 1. The number of hydrogen-bond donors (Lipinski definition) is 1. The van der Waals surface area contributed by atoms with Gasteiger partial charge in [0.25, 0.3) is 0 Å². The van der Waals surface area contributed by atoms with E-state index in [2.05, 4.69) is 5.32 Å². The Balaban J connectivity index is 1.95. The van der Waals surface area contributed by atoms with Gasteiger partial charge in [-0.1, -0.05) is 18.2 Å². The molecular weight excluding hydrogens is 397 g/mol. The number of ether oxygens (including phenoxy) is 3. The molecule has 0 fully saturated rings. The predicted octanol–water partition coefficient (Wildman–Crippen LogP) is 5.27. The molecule has 0 aliphatic rings. The summed E-state index contributed by atoms with van der Waals surface area (Å²) < 4.78 is 29.0. The average molecular weight is 415 g/mol. The number of aryl methyl sites for hydroxylation is 1. The molecule has 6 nitrogen and oxygen atoms in total. The molecule has 0 radical (unpaired) electrons. The molecule has 0 spiro atoms. The Morgan fingerprint density at radius 2 is 1.79 bits per heavy atom. The van der Waals surface area contributed by atoms with Crippen LogP contribution in [0.2, 0.25) is 0 Å². The minimum atomic E-state index is -0.751. The van der Waals surface area contributed by atoms with Gasteiger partial charge in [-0.3, -0.25) is 5.32 Å². The van der Waals surface area contributed by atoms with Crippen LogP contribution in [0, 0.1) is 12.7 Å². The Bertz CT molecular complexity index is 1050. The second-order valence-electron chi connectivity index (χ2n) is 5.97. The van der Waals surface area contributed by atoms with E-state index < -0.39 is 17.9 Å². The molecule has 1 heterocycles. The zero-order valence-electron chi connectivity index (χ0n) is 15.9. The number of carbonyl (C=O) groups excluding carboxylic acids is 2. The SMILES string of the molecule is COC(=O)c1sc(-c2cc(OC)c(F)cc2C)cc1NC(=O)Oc1ccccc1. The molecule has 0 saturated carbocycles. The molecule has 0 aliphatic carbocycles. The van der Waals surface area contributed by atoms with E-state index >= 15 is 0 Å². The van der Waals surface area contributed by atoms with Crippen molar-refractivity contribution >= 4 is 29.1 Å². The minimum Gasteiger partial charge on any atom is -0.494 e. The first-order valence-electron chi connectivity index (χ1n) is 8.53. The fourth-order valence-electron chi connectivity index (χ4n) is 2.67. The van der Waals surface area contributed by atoms with E-state index in [4.69, 9.17) is 14.2 Å². The van der Waals surface area contributed by atoms with E-state index in [1.54, 1.807) is 49.4 Å². The van der Waals surface area contributed by atoms with E-state index in [1.165, 1.54) is 20.3 Å². The number of esters is 1. The fourth-order valence-corrected chi connectivity index (χ4v) is 3.78. The van der Waals surface area contributed by atoms with Crippen molar-refractivity contribution in [2.45, 2.75) is 6.92 Å². The lowest BCUT2D eigenvalue weighted by molar-refractivity contribution is 0.0607. The van der Waals surface area contributed by atoms with Crippen molar-refractivity contribution in [2.24, 2.45) is 0 Å². The number of nitrogens with one attached hydrogen (secondary N) is 1. The maximum atomic E-state index is 13.9. The number of amides is 1. The van der Waals surface area contributed by atoms with Gasteiger partial charge in [0.1, 0.15) is 10.6 Å². The highest BCUT2D eigenvalue weighted by atomic mass is 32.1. The fraction of sp³-hybridized carbons (Fsp3) is 0.143. The van der Waals surface area contributed by atoms with Crippen LogP contribution in [0.3, 0.4) is 0 Å². The van der Waals surface area contributed by atoms with Gasteiger partial charge in [0.2, 0.25) is 0 Å². The van der Waals surface area contributed by atoms with Crippen molar-refractivity contribution < 1.29 is 28.2 Å². The van der Waals surface area contributed by atoms with Crippen LogP contribution in [0.25, 0.3) is 10.4 Å². The predicted molar refractivity (Wildman–Crippen MR) is 108 cm³/mol. The molecule has 1 N–H and O–H groups in total. The largest absolute Gasteiger partial charge is 0.494 e. The maximum Gasteiger partial charge on any atom is 0.417 e. The normalized spacial score (nSPS) is 10.3. The Labute approximate surface area is 170 Å². The number of thiophene rings is 1. The summed E-state index contributed by atoms with van der Waals surface area (Å²) in [5.41, 5.74) is 1.56. The number of hydrogen-bond acceptors (Lipinski definition) is 6. The molecule has 3 aromatic rings. The third-order valence-corrected chi connectivity index (χ3v) is 5.21. The zero-order chi connectivity index (χ0) is 21.0. The van der Waals surface area contributed by atoms with Gasteiger partial charge < -0.3 is 14.2 Å². The quantitative estimate of drug-likeness (QED) is 0.575. The Morgan fingerprint density at radius 1 is 1.07 bits per heavy atom. The third kappa shape index (κ3) is 4.55. The molecule has 0 saturated heterocycles. The van der Waals surface area contributed by atoms with E-state index in [1.807, 2.05) is 0 Å². The lowest BCUT2D eigenvalue weighted by Crippen LogP contribution is -2.18. The summed E-state index contributed by atoms with van der Waals surface area (Å²) in [6, 6.07) is 13.0. The molecule has 150 valence electrons. The van der Waals surface area contributed by atoms with Crippen LogP contribution in [0.15, 0.2) is 48.5 Å². The van der Waals surface area contributed by atoms with Crippen molar-refractivity contribution in [2.75, 3.05) is 19.5 Å². The topological polar surface area (TPSA) is 73.9 Å². The first kappa shape index (κ1) is 20.3. The standard InChI is InChI=1S/C21H18FNO5S/c1-12-9-15(22)17(26-2)10-14(12)18-11-16(19(29-18)20(24)27-3)23-21(25)28-13-7-5-4-6-8-13/h4-11H,1-3H3,(H,23,25). The summed E-state index contributed by atoms with van der Waals surface area (Å²) >= 11 is 1.11. The summed E-state index contributed by atoms with van der Waals surface area (Å²) in [5, 5.41) is 2.57. The van der Waals surface area contributed by atoms with Gasteiger partial charge in [-0.2, -0.15) is 0 Å². The van der Waals surface area contributed by atoms with Crippen LogP contribution >= 0.6 is 11.3 Å². The Kier molecular flexibility index (Phi) is 6.13. The van der Waals surface area contributed by atoms with Gasteiger partial charge in [0, 0.05) is 4.88 Å².